The molecule has 1 fully saturated rings. The molecule has 0 radical (unpaired) electrons. The molecular weight excluding hydrogens is 251 g/mol. The van der Waals surface area contributed by atoms with Gasteiger partial charge in [-0.05, 0) is 17.7 Å². The van der Waals surface area contributed by atoms with Crippen LogP contribution in [0.25, 0.3) is 0 Å². The highest BCUT2D eigenvalue weighted by Gasteiger charge is 2.31. The van der Waals surface area contributed by atoms with E-state index in [0.29, 0.717) is 12.0 Å². The third-order valence-corrected chi connectivity index (χ3v) is 2.43. The minimum Gasteiger partial charge on any atom is -0.449 e. The van der Waals surface area contributed by atoms with Gasteiger partial charge in [-0.3, -0.25) is 0 Å². The standard InChI is InChI=1S/C11H10F3NO3/c12-11(13,14)18-8-3-1-2-7(6-8)9-4-5-17-10(16)15-9/h1-3,6,9H,4-5H2,(H,15,16)/t9-/m0/s1. The van der Waals surface area contributed by atoms with E-state index in [1.165, 1.54) is 18.2 Å². The predicted molar refractivity (Wildman–Crippen MR) is 55.0 cm³/mol. The Hall–Kier alpha value is -1.92. The average molecular weight is 261 g/mol. The van der Waals surface area contributed by atoms with Gasteiger partial charge in [-0.1, -0.05) is 12.1 Å². The molecule has 0 aliphatic carbocycles. The van der Waals surface area contributed by atoms with E-state index >= 15 is 0 Å². The summed E-state index contributed by atoms with van der Waals surface area (Å²) in [5, 5.41) is 2.52. The average Bonchev–Trinajstić information content (AvgIpc) is 2.27. The smallest absolute Gasteiger partial charge is 0.449 e. The van der Waals surface area contributed by atoms with Gasteiger partial charge < -0.3 is 14.8 Å². The van der Waals surface area contributed by atoms with Crippen molar-refractivity contribution in [2.75, 3.05) is 6.61 Å². The van der Waals surface area contributed by atoms with Crippen LogP contribution in [0.1, 0.15) is 18.0 Å². The molecule has 98 valence electrons. The molecule has 0 aromatic heterocycles. The Balaban J connectivity index is 2.14. The van der Waals surface area contributed by atoms with Crippen LogP contribution >= 0.6 is 0 Å². The number of alkyl carbamates (subject to hydrolysis) is 1. The van der Waals surface area contributed by atoms with Crippen molar-refractivity contribution in [3.8, 4) is 5.75 Å². The van der Waals surface area contributed by atoms with Crippen LogP contribution < -0.4 is 10.1 Å². The zero-order chi connectivity index (χ0) is 13.2. The summed E-state index contributed by atoms with van der Waals surface area (Å²) in [5.74, 6) is -0.305. The van der Waals surface area contributed by atoms with Crippen LogP contribution in [0.2, 0.25) is 0 Å². The number of carbonyl (C=O) groups excluding carboxylic acids is 1. The van der Waals surface area contributed by atoms with Gasteiger partial charge in [0.05, 0.1) is 12.6 Å². The Morgan fingerprint density at radius 1 is 1.39 bits per heavy atom. The maximum Gasteiger partial charge on any atom is 0.573 e. The topological polar surface area (TPSA) is 47.6 Å². The highest BCUT2D eigenvalue weighted by atomic mass is 19.4. The first-order chi connectivity index (χ1) is 8.44. The van der Waals surface area contributed by atoms with E-state index < -0.39 is 12.5 Å². The highest BCUT2D eigenvalue weighted by Crippen LogP contribution is 2.27. The maximum absolute atomic E-state index is 12.1. The van der Waals surface area contributed by atoms with Crippen molar-refractivity contribution in [1.29, 1.82) is 0 Å². The fourth-order valence-corrected chi connectivity index (χ4v) is 1.70. The number of cyclic esters (lactones) is 1. The summed E-state index contributed by atoms with van der Waals surface area (Å²) < 4.78 is 44.7. The van der Waals surface area contributed by atoms with Gasteiger partial charge in [0.25, 0.3) is 0 Å². The normalized spacial score (nSPS) is 19.9. The van der Waals surface area contributed by atoms with Crippen LogP contribution in [0.15, 0.2) is 24.3 Å². The first-order valence-corrected chi connectivity index (χ1v) is 5.23. The van der Waals surface area contributed by atoms with Gasteiger partial charge in [0.15, 0.2) is 0 Å². The van der Waals surface area contributed by atoms with Gasteiger partial charge in [0, 0.05) is 6.42 Å². The summed E-state index contributed by atoms with van der Waals surface area (Å²) in [6, 6.07) is 5.17. The first-order valence-electron chi connectivity index (χ1n) is 5.23. The van der Waals surface area contributed by atoms with Gasteiger partial charge in [0.1, 0.15) is 5.75 Å². The Morgan fingerprint density at radius 3 is 2.83 bits per heavy atom. The third-order valence-electron chi connectivity index (χ3n) is 2.43. The van der Waals surface area contributed by atoms with E-state index in [1.54, 1.807) is 6.07 Å². The van der Waals surface area contributed by atoms with Crippen LogP contribution in [-0.4, -0.2) is 19.1 Å². The first kappa shape index (κ1) is 12.5. The molecule has 1 aliphatic rings. The lowest BCUT2D eigenvalue weighted by Crippen LogP contribution is -2.35. The Labute approximate surface area is 101 Å². The van der Waals surface area contributed by atoms with Crippen molar-refractivity contribution in [3.05, 3.63) is 29.8 Å². The Kier molecular flexibility index (Phi) is 3.31. The van der Waals surface area contributed by atoms with Gasteiger partial charge in [-0.15, -0.1) is 13.2 Å². The van der Waals surface area contributed by atoms with Gasteiger partial charge in [-0.2, -0.15) is 0 Å². The number of hydrogen-bond donors (Lipinski definition) is 1. The molecule has 2 rings (SSSR count). The number of halogens is 3. The lowest BCUT2D eigenvalue weighted by atomic mass is 10.0. The SMILES string of the molecule is O=C1N[C@H](c2cccc(OC(F)(F)F)c2)CCO1. The summed E-state index contributed by atoms with van der Waals surface area (Å²) in [6.07, 6.45) is -4.80. The third kappa shape index (κ3) is 3.28. The minimum atomic E-state index is -4.72. The number of rotatable bonds is 2. The van der Waals surface area contributed by atoms with Crippen LogP contribution in [0.4, 0.5) is 18.0 Å². The van der Waals surface area contributed by atoms with Gasteiger partial charge in [-0.25, -0.2) is 4.79 Å². The second-order valence-electron chi connectivity index (χ2n) is 3.74. The van der Waals surface area contributed by atoms with E-state index in [2.05, 4.69) is 14.8 Å². The molecule has 1 saturated heterocycles. The fourth-order valence-electron chi connectivity index (χ4n) is 1.70. The molecule has 18 heavy (non-hydrogen) atoms. The van der Waals surface area contributed by atoms with Gasteiger partial charge >= 0.3 is 12.5 Å². The van der Waals surface area contributed by atoms with Crippen molar-refractivity contribution in [2.45, 2.75) is 18.8 Å². The molecule has 0 saturated carbocycles. The van der Waals surface area contributed by atoms with Crippen LogP contribution in [0.5, 0.6) is 5.75 Å². The molecule has 7 heteroatoms. The quantitative estimate of drug-likeness (QED) is 0.890. The number of ether oxygens (including phenoxy) is 2. The van der Waals surface area contributed by atoms with Crippen molar-refractivity contribution >= 4 is 6.09 Å². The molecule has 4 nitrogen and oxygen atoms in total. The number of nitrogens with one attached hydrogen (secondary N) is 1. The highest BCUT2D eigenvalue weighted by molar-refractivity contribution is 5.68. The number of hydrogen-bond acceptors (Lipinski definition) is 3. The van der Waals surface area contributed by atoms with Crippen LogP contribution in [0, 0.1) is 0 Å². The summed E-state index contributed by atoms with van der Waals surface area (Å²) in [4.78, 5) is 11.0. The Morgan fingerprint density at radius 2 is 2.17 bits per heavy atom. The lowest BCUT2D eigenvalue weighted by molar-refractivity contribution is -0.274. The van der Waals surface area contributed by atoms with Crippen LogP contribution in [0.3, 0.4) is 0 Å². The predicted octanol–water partition coefficient (Wildman–Crippen LogP) is 2.76. The number of amides is 1. The zero-order valence-electron chi connectivity index (χ0n) is 9.16. The van der Waals surface area contributed by atoms with E-state index in [0.717, 1.165) is 0 Å². The molecule has 1 amide bonds. The van der Waals surface area contributed by atoms with E-state index in [1.807, 2.05) is 0 Å². The van der Waals surface area contributed by atoms with Crippen molar-refractivity contribution < 1.29 is 27.4 Å². The summed E-state index contributed by atoms with van der Waals surface area (Å²) in [6.45, 7) is 0.237. The number of benzene rings is 1. The van der Waals surface area contributed by atoms with E-state index in [-0.39, 0.29) is 18.4 Å². The lowest BCUT2D eigenvalue weighted by Gasteiger charge is -2.24. The molecular formula is C11H10F3NO3. The van der Waals surface area contributed by atoms with E-state index in [4.69, 9.17) is 0 Å². The van der Waals surface area contributed by atoms with Crippen molar-refractivity contribution in [1.82, 2.24) is 5.32 Å². The fraction of sp³-hybridized carbons (Fsp3) is 0.364. The minimum absolute atomic E-state index is 0.237. The second-order valence-corrected chi connectivity index (χ2v) is 3.74. The molecule has 0 spiro atoms. The second kappa shape index (κ2) is 4.75. The maximum atomic E-state index is 12.1. The molecule has 1 heterocycles. The molecule has 1 atom stereocenters. The van der Waals surface area contributed by atoms with Crippen LogP contribution in [-0.2, 0) is 4.74 Å². The largest absolute Gasteiger partial charge is 0.573 e. The number of alkyl halides is 3. The zero-order valence-corrected chi connectivity index (χ0v) is 9.16. The Bertz CT molecular complexity index is 447. The molecule has 1 aliphatic heterocycles. The van der Waals surface area contributed by atoms with E-state index in [9.17, 15) is 18.0 Å². The van der Waals surface area contributed by atoms with Gasteiger partial charge in [0.2, 0.25) is 0 Å². The summed E-state index contributed by atoms with van der Waals surface area (Å²) >= 11 is 0. The number of carbonyl (C=O) groups is 1. The molecule has 1 aromatic rings. The molecule has 0 unspecified atom stereocenters. The van der Waals surface area contributed by atoms with Crippen molar-refractivity contribution in [2.24, 2.45) is 0 Å². The monoisotopic (exact) mass is 261 g/mol. The molecule has 1 N–H and O–H groups in total. The summed E-state index contributed by atoms with van der Waals surface area (Å²) in [7, 11) is 0. The summed E-state index contributed by atoms with van der Waals surface area (Å²) in [5.41, 5.74) is 0.549. The molecule has 0 bridgehead atoms. The molecule has 1 aromatic carbocycles. The van der Waals surface area contributed by atoms with Crippen molar-refractivity contribution in [3.63, 3.8) is 0 Å².